The van der Waals surface area contributed by atoms with Gasteiger partial charge in [0.1, 0.15) is 11.8 Å². The number of aliphatic carboxylic acids is 1. The topological polar surface area (TPSA) is 59.0 Å². The first kappa shape index (κ1) is 24.2. The number of rotatable bonds is 9. The summed E-state index contributed by atoms with van der Waals surface area (Å²) in [6, 6.07) is 16.0. The maximum absolute atomic E-state index is 11.5. The van der Waals surface area contributed by atoms with E-state index in [1.54, 1.807) is 7.11 Å². The first-order valence-corrected chi connectivity index (χ1v) is 10.4. The van der Waals surface area contributed by atoms with Crippen LogP contribution in [0.2, 0.25) is 0 Å². The van der Waals surface area contributed by atoms with Gasteiger partial charge in [-0.25, -0.2) is 0 Å². The number of halogens is 1. The molecule has 0 bridgehead atoms. The molecule has 5 nitrogen and oxygen atoms in total. The van der Waals surface area contributed by atoms with Crippen LogP contribution >= 0.6 is 12.4 Å². The van der Waals surface area contributed by atoms with E-state index in [9.17, 15) is 9.90 Å². The fraction of sp³-hybridized carbons (Fsp3) is 0.458. The number of nitrogens with zero attached hydrogens (tertiary/aromatic N) is 1. The van der Waals surface area contributed by atoms with Crippen LogP contribution in [0.1, 0.15) is 38.2 Å². The summed E-state index contributed by atoms with van der Waals surface area (Å²) in [7, 11) is 1.67. The molecule has 1 heterocycles. The predicted molar refractivity (Wildman–Crippen MR) is 121 cm³/mol. The average molecular weight is 434 g/mol. The van der Waals surface area contributed by atoms with Crippen molar-refractivity contribution in [2.75, 3.05) is 20.2 Å². The molecule has 1 fully saturated rings. The zero-order valence-electron chi connectivity index (χ0n) is 17.8. The first-order chi connectivity index (χ1) is 14.1. The van der Waals surface area contributed by atoms with Crippen molar-refractivity contribution in [3.05, 3.63) is 54.1 Å². The van der Waals surface area contributed by atoms with Crippen LogP contribution in [-0.2, 0) is 16.1 Å². The minimum atomic E-state index is -0.709. The van der Waals surface area contributed by atoms with Crippen LogP contribution in [0.5, 0.6) is 5.75 Å². The average Bonchev–Trinajstić information content (AvgIpc) is 2.76. The number of carboxylic acid groups (broad SMARTS) is 1. The molecule has 1 atom stereocenters. The van der Waals surface area contributed by atoms with E-state index in [4.69, 9.17) is 9.47 Å². The minimum absolute atomic E-state index is 0. The Bertz CT molecular complexity index is 788. The first-order valence-electron chi connectivity index (χ1n) is 10.4. The summed E-state index contributed by atoms with van der Waals surface area (Å²) in [6.45, 7) is 4.15. The number of hydrogen-bond donors (Lipinski definition) is 1. The van der Waals surface area contributed by atoms with Crippen molar-refractivity contribution in [3.63, 3.8) is 0 Å². The van der Waals surface area contributed by atoms with Crippen molar-refractivity contribution in [2.45, 2.75) is 51.4 Å². The summed E-state index contributed by atoms with van der Waals surface area (Å²) in [5.41, 5.74) is 3.47. The van der Waals surface area contributed by atoms with Crippen LogP contribution < -0.4 is 4.74 Å². The summed E-state index contributed by atoms with van der Waals surface area (Å²) in [5.74, 6) is 0.136. The second-order valence-electron chi connectivity index (χ2n) is 7.57. The number of hydrogen-bond acceptors (Lipinski definition) is 4. The molecule has 2 aromatic carbocycles. The molecular formula is C24H32ClNO4. The number of methoxy groups -OCH3 is 1. The molecule has 1 saturated heterocycles. The zero-order chi connectivity index (χ0) is 20.6. The second kappa shape index (κ2) is 11.9. The Morgan fingerprint density at radius 1 is 1.13 bits per heavy atom. The van der Waals surface area contributed by atoms with E-state index in [2.05, 4.69) is 29.2 Å². The molecule has 1 aliphatic heterocycles. The van der Waals surface area contributed by atoms with E-state index < -0.39 is 5.97 Å². The summed E-state index contributed by atoms with van der Waals surface area (Å²) >= 11 is 0. The Morgan fingerprint density at radius 2 is 1.80 bits per heavy atom. The molecule has 3 rings (SSSR count). The van der Waals surface area contributed by atoms with Crippen LogP contribution in [0.3, 0.4) is 0 Å². The van der Waals surface area contributed by atoms with Crippen molar-refractivity contribution in [1.29, 1.82) is 0 Å². The highest BCUT2D eigenvalue weighted by Gasteiger charge is 2.29. The van der Waals surface area contributed by atoms with Gasteiger partial charge in [0.2, 0.25) is 0 Å². The fourth-order valence-electron chi connectivity index (χ4n) is 4.00. The maximum atomic E-state index is 11.5. The monoisotopic (exact) mass is 433 g/mol. The Morgan fingerprint density at radius 3 is 2.40 bits per heavy atom. The summed E-state index contributed by atoms with van der Waals surface area (Å²) in [5, 5.41) is 9.47. The van der Waals surface area contributed by atoms with Gasteiger partial charge in [-0.2, -0.15) is 0 Å². The second-order valence-corrected chi connectivity index (χ2v) is 7.57. The zero-order valence-corrected chi connectivity index (χ0v) is 18.6. The fourth-order valence-corrected chi connectivity index (χ4v) is 4.00. The summed E-state index contributed by atoms with van der Waals surface area (Å²) < 4.78 is 11.5. The van der Waals surface area contributed by atoms with Crippen molar-refractivity contribution in [2.24, 2.45) is 0 Å². The third-order valence-electron chi connectivity index (χ3n) is 5.66. The Kier molecular flexibility index (Phi) is 9.63. The molecule has 1 aliphatic rings. The number of likely N-dealkylation sites (tertiary alicyclic amines) is 1. The third kappa shape index (κ3) is 6.21. The number of carbonyl (C=O) groups is 1. The van der Waals surface area contributed by atoms with Gasteiger partial charge in [0.05, 0.1) is 19.8 Å². The van der Waals surface area contributed by atoms with Crippen LogP contribution in [0.25, 0.3) is 11.1 Å². The Labute approximate surface area is 185 Å². The highest BCUT2D eigenvalue weighted by atomic mass is 35.5. The van der Waals surface area contributed by atoms with Crippen molar-refractivity contribution in [1.82, 2.24) is 4.90 Å². The van der Waals surface area contributed by atoms with Gasteiger partial charge in [0, 0.05) is 13.1 Å². The minimum Gasteiger partial charge on any atom is -0.497 e. The molecule has 2 aromatic rings. The van der Waals surface area contributed by atoms with Gasteiger partial charge in [-0.15, -0.1) is 12.4 Å². The molecule has 0 amide bonds. The molecule has 30 heavy (non-hydrogen) atoms. The van der Waals surface area contributed by atoms with Crippen molar-refractivity contribution >= 4 is 18.4 Å². The Balaban J connectivity index is 0.00000320. The van der Waals surface area contributed by atoms with Crippen LogP contribution in [0, 0.1) is 0 Å². The molecule has 0 saturated carbocycles. The van der Waals surface area contributed by atoms with Crippen molar-refractivity contribution < 1.29 is 19.4 Å². The van der Waals surface area contributed by atoms with E-state index >= 15 is 0 Å². The number of benzene rings is 2. The normalized spacial score (nSPS) is 15.9. The molecule has 0 aromatic heterocycles. The van der Waals surface area contributed by atoms with E-state index in [1.165, 1.54) is 5.56 Å². The molecule has 1 N–H and O–H groups in total. The quantitative estimate of drug-likeness (QED) is 0.601. The van der Waals surface area contributed by atoms with E-state index in [1.807, 2.05) is 31.2 Å². The summed E-state index contributed by atoms with van der Waals surface area (Å²) in [4.78, 5) is 13.6. The molecule has 0 aliphatic carbocycles. The lowest BCUT2D eigenvalue weighted by Crippen LogP contribution is -2.47. The largest absolute Gasteiger partial charge is 0.497 e. The van der Waals surface area contributed by atoms with Gasteiger partial charge >= 0.3 is 5.97 Å². The number of carboxylic acids is 1. The number of piperidine rings is 1. The standard InChI is InChI=1S/C24H31NO4.ClH/c1-3-6-23(24(26)27)25-15-13-21(14-16-25)29-17-19-7-4-5-8-22(19)18-9-11-20(28-2)12-10-18;/h4-5,7-12,21,23H,3,6,13-17H2,1-2H3,(H,26,27);1H. The van der Waals surface area contributed by atoms with Crippen molar-refractivity contribution in [3.8, 4) is 16.9 Å². The van der Waals surface area contributed by atoms with E-state index in [0.717, 1.165) is 49.2 Å². The van der Waals surface area contributed by atoms with Crippen LogP contribution in [-0.4, -0.2) is 48.3 Å². The summed E-state index contributed by atoms with van der Waals surface area (Å²) in [6.07, 6.45) is 3.51. The van der Waals surface area contributed by atoms with Gasteiger partial charge in [-0.1, -0.05) is 49.7 Å². The number of ether oxygens (including phenoxy) is 2. The molecule has 0 radical (unpaired) electrons. The lowest BCUT2D eigenvalue weighted by Gasteiger charge is -2.35. The highest BCUT2D eigenvalue weighted by Crippen LogP contribution is 2.27. The molecule has 6 heteroatoms. The van der Waals surface area contributed by atoms with E-state index in [0.29, 0.717) is 13.0 Å². The SMILES string of the molecule is CCCC(C(=O)O)N1CCC(OCc2ccccc2-c2ccc(OC)cc2)CC1.Cl. The molecule has 1 unspecified atom stereocenters. The smallest absolute Gasteiger partial charge is 0.320 e. The predicted octanol–water partition coefficient (Wildman–Crippen LogP) is 5.02. The third-order valence-corrected chi connectivity index (χ3v) is 5.66. The van der Waals surface area contributed by atoms with Gasteiger partial charge in [-0.3, -0.25) is 9.69 Å². The lowest BCUT2D eigenvalue weighted by molar-refractivity contribution is -0.145. The molecule has 0 spiro atoms. The van der Waals surface area contributed by atoms with Gasteiger partial charge in [0.25, 0.3) is 0 Å². The molecular weight excluding hydrogens is 402 g/mol. The van der Waals surface area contributed by atoms with Gasteiger partial charge in [-0.05, 0) is 48.1 Å². The maximum Gasteiger partial charge on any atom is 0.320 e. The van der Waals surface area contributed by atoms with Crippen LogP contribution in [0.15, 0.2) is 48.5 Å². The Hall–Kier alpha value is -2.08. The molecule has 164 valence electrons. The van der Waals surface area contributed by atoms with Gasteiger partial charge in [0.15, 0.2) is 0 Å². The highest BCUT2D eigenvalue weighted by molar-refractivity contribution is 5.85. The van der Waals surface area contributed by atoms with E-state index in [-0.39, 0.29) is 24.6 Å². The van der Waals surface area contributed by atoms with Gasteiger partial charge < -0.3 is 14.6 Å². The lowest BCUT2D eigenvalue weighted by atomic mass is 9.99. The van der Waals surface area contributed by atoms with Crippen LogP contribution in [0.4, 0.5) is 0 Å².